The van der Waals surface area contributed by atoms with Gasteiger partial charge in [0.2, 0.25) is 15.9 Å². The van der Waals surface area contributed by atoms with E-state index in [0.29, 0.717) is 17.3 Å². The monoisotopic (exact) mass is 488 g/mol. The summed E-state index contributed by atoms with van der Waals surface area (Å²) in [6, 6.07) is 4.18. The van der Waals surface area contributed by atoms with Crippen molar-refractivity contribution in [3.05, 3.63) is 55.0 Å². The minimum atomic E-state index is -4.23. The summed E-state index contributed by atoms with van der Waals surface area (Å²) in [6.07, 6.45) is 0.803. The molecule has 0 spiro atoms. The van der Waals surface area contributed by atoms with Gasteiger partial charge in [0.25, 0.3) is 5.56 Å². The number of halogens is 2. The van der Waals surface area contributed by atoms with Gasteiger partial charge in [0.1, 0.15) is 5.82 Å². The Morgan fingerprint density at radius 2 is 2.03 bits per heavy atom. The molecule has 1 aromatic heterocycles. The molecule has 29 heavy (non-hydrogen) atoms. The molecule has 1 atom stereocenters. The van der Waals surface area contributed by atoms with Crippen LogP contribution in [0.3, 0.4) is 0 Å². The lowest BCUT2D eigenvalue weighted by molar-refractivity contribution is -0.120. The minimum Gasteiger partial charge on any atom is -0.323 e. The van der Waals surface area contributed by atoms with E-state index in [1.165, 1.54) is 19.1 Å². The van der Waals surface area contributed by atoms with E-state index in [2.05, 4.69) is 26.2 Å². The van der Waals surface area contributed by atoms with Gasteiger partial charge in [0, 0.05) is 23.3 Å². The van der Waals surface area contributed by atoms with E-state index in [1.54, 1.807) is 6.07 Å². The molecule has 1 aliphatic rings. The number of nitrogens with one attached hydrogen (secondary N) is 3. The van der Waals surface area contributed by atoms with Crippen molar-refractivity contribution in [2.75, 3.05) is 18.4 Å². The Labute approximate surface area is 173 Å². The number of rotatable bonds is 4. The van der Waals surface area contributed by atoms with Crippen LogP contribution in [0.25, 0.3) is 0 Å². The van der Waals surface area contributed by atoms with E-state index in [0.717, 1.165) is 4.31 Å². The number of carbonyl (C=O) groups excluding carboxylic acids is 1. The number of sulfonamides is 1. The number of H-pyrrole nitrogens is 2. The summed E-state index contributed by atoms with van der Waals surface area (Å²) in [5, 5.41) is 2.48. The molecule has 156 valence electrons. The molecular weight excluding hydrogens is 471 g/mol. The van der Waals surface area contributed by atoms with Crippen LogP contribution in [0.15, 0.2) is 37.2 Å². The van der Waals surface area contributed by atoms with E-state index in [9.17, 15) is 27.2 Å². The first-order valence-electron chi connectivity index (χ1n) is 8.69. The molecule has 3 rings (SSSR count). The molecule has 1 fully saturated rings. The zero-order chi connectivity index (χ0) is 21.3. The van der Waals surface area contributed by atoms with Gasteiger partial charge in [-0.1, -0.05) is 15.9 Å². The number of aromatic amines is 2. The van der Waals surface area contributed by atoms with Gasteiger partial charge in [-0.2, -0.15) is 4.31 Å². The van der Waals surface area contributed by atoms with Crippen molar-refractivity contribution in [3.63, 3.8) is 0 Å². The first kappa shape index (κ1) is 21.4. The van der Waals surface area contributed by atoms with E-state index in [-0.39, 0.29) is 24.5 Å². The molecule has 0 saturated carbocycles. The second-order valence-electron chi connectivity index (χ2n) is 6.68. The van der Waals surface area contributed by atoms with Crippen LogP contribution in [0.4, 0.5) is 10.1 Å². The minimum absolute atomic E-state index is 0.00824. The predicted molar refractivity (Wildman–Crippen MR) is 107 cm³/mol. The molecule has 2 heterocycles. The first-order valence-corrected chi connectivity index (χ1v) is 10.9. The summed E-state index contributed by atoms with van der Waals surface area (Å²) < 4.78 is 41.4. The molecule has 3 N–H and O–H groups in total. The van der Waals surface area contributed by atoms with E-state index in [4.69, 9.17) is 0 Å². The third-order valence-corrected chi connectivity index (χ3v) is 7.13. The second-order valence-corrected chi connectivity index (χ2v) is 9.47. The van der Waals surface area contributed by atoms with E-state index < -0.39 is 43.8 Å². The number of nitrogens with zero attached hydrogens (tertiary/aromatic N) is 1. The smallest absolute Gasteiger partial charge is 0.323 e. The maximum absolute atomic E-state index is 14.0. The number of anilines is 1. The fourth-order valence-corrected chi connectivity index (χ4v) is 5.29. The number of hydrogen-bond donors (Lipinski definition) is 3. The normalized spacial score (nSPS) is 17.8. The maximum atomic E-state index is 14.0. The lowest BCUT2D eigenvalue weighted by atomic mass is 9.98. The summed E-state index contributed by atoms with van der Waals surface area (Å²) in [4.78, 5) is 39.6. The average Bonchev–Trinajstić information content (AvgIpc) is 2.63. The second kappa shape index (κ2) is 8.20. The number of piperidine rings is 1. The molecule has 1 aromatic carbocycles. The maximum Gasteiger partial charge on any atom is 0.325 e. The summed E-state index contributed by atoms with van der Waals surface area (Å²) in [5.41, 5.74) is -1.91. The van der Waals surface area contributed by atoms with Crippen molar-refractivity contribution in [2.45, 2.75) is 24.7 Å². The lowest BCUT2D eigenvalue weighted by Gasteiger charge is -2.31. The van der Waals surface area contributed by atoms with Crippen LogP contribution >= 0.6 is 15.9 Å². The summed E-state index contributed by atoms with van der Waals surface area (Å²) in [7, 11) is -4.23. The summed E-state index contributed by atoms with van der Waals surface area (Å²) in [5.74, 6) is -1.86. The SMILES string of the molecule is Cc1[nH]c(=O)[nH]c(=O)c1S(=O)(=O)N1CCC[C@H](C(=O)Nc2ccc(Br)cc2F)C1. The molecule has 0 bridgehead atoms. The van der Waals surface area contributed by atoms with Gasteiger partial charge in [-0.15, -0.1) is 0 Å². The average molecular weight is 489 g/mol. The molecule has 1 aliphatic heterocycles. The Hall–Kier alpha value is -2.31. The topological polar surface area (TPSA) is 132 Å². The summed E-state index contributed by atoms with van der Waals surface area (Å²) in [6.45, 7) is 1.27. The van der Waals surface area contributed by atoms with Gasteiger partial charge in [-0.3, -0.25) is 14.6 Å². The lowest BCUT2D eigenvalue weighted by Crippen LogP contribution is -2.45. The standard InChI is InChI=1S/C17H18BrFN4O5S/c1-9-14(16(25)22-17(26)20-9)29(27,28)23-6-2-3-10(8-23)15(24)21-13-5-4-11(18)7-12(13)19/h4-5,7,10H,2-3,6,8H2,1H3,(H,21,24)(H2,20,22,25,26)/t10-/m0/s1. The van der Waals surface area contributed by atoms with Gasteiger partial charge in [0.05, 0.1) is 11.6 Å². The van der Waals surface area contributed by atoms with Crippen molar-refractivity contribution < 1.29 is 17.6 Å². The molecule has 9 nitrogen and oxygen atoms in total. The van der Waals surface area contributed by atoms with Gasteiger partial charge < -0.3 is 10.3 Å². The van der Waals surface area contributed by atoms with Crippen LogP contribution < -0.4 is 16.6 Å². The van der Waals surface area contributed by atoms with Crippen molar-refractivity contribution >= 4 is 37.5 Å². The number of carbonyl (C=O) groups is 1. The van der Waals surface area contributed by atoms with Crippen molar-refractivity contribution in [3.8, 4) is 0 Å². The van der Waals surface area contributed by atoms with Crippen molar-refractivity contribution in [2.24, 2.45) is 5.92 Å². The van der Waals surface area contributed by atoms with Crippen molar-refractivity contribution in [1.29, 1.82) is 0 Å². The van der Waals surface area contributed by atoms with Gasteiger partial charge in [0.15, 0.2) is 4.90 Å². The molecule has 0 radical (unpaired) electrons. The van der Waals surface area contributed by atoms with Crippen LogP contribution in [-0.2, 0) is 14.8 Å². The molecule has 1 amide bonds. The molecule has 2 aromatic rings. The van der Waals surface area contributed by atoms with Gasteiger partial charge in [-0.25, -0.2) is 17.6 Å². The van der Waals surface area contributed by atoms with Gasteiger partial charge >= 0.3 is 5.69 Å². The Kier molecular flexibility index (Phi) is 6.05. The third kappa shape index (κ3) is 4.49. The zero-order valence-corrected chi connectivity index (χ0v) is 17.7. The fraction of sp³-hybridized carbons (Fsp3) is 0.353. The molecule has 12 heteroatoms. The first-order chi connectivity index (χ1) is 13.6. The fourth-order valence-electron chi connectivity index (χ4n) is 3.23. The van der Waals surface area contributed by atoms with Gasteiger partial charge in [-0.05, 0) is 38.0 Å². The highest BCUT2D eigenvalue weighted by Crippen LogP contribution is 2.25. The summed E-state index contributed by atoms with van der Waals surface area (Å²) >= 11 is 3.13. The quantitative estimate of drug-likeness (QED) is 0.596. The number of benzene rings is 1. The number of hydrogen-bond acceptors (Lipinski definition) is 5. The third-order valence-electron chi connectivity index (χ3n) is 4.62. The molecular formula is C17H18BrFN4O5S. The zero-order valence-electron chi connectivity index (χ0n) is 15.3. The Morgan fingerprint density at radius 3 is 2.69 bits per heavy atom. The molecule has 1 saturated heterocycles. The number of amides is 1. The highest BCUT2D eigenvalue weighted by Gasteiger charge is 2.36. The van der Waals surface area contributed by atoms with Crippen LogP contribution in [0.2, 0.25) is 0 Å². The van der Waals surface area contributed by atoms with Crippen LogP contribution in [0.1, 0.15) is 18.5 Å². The van der Waals surface area contributed by atoms with Crippen LogP contribution in [0.5, 0.6) is 0 Å². The number of aryl methyl sites for hydroxylation is 1. The molecule has 0 unspecified atom stereocenters. The Balaban J connectivity index is 1.82. The van der Waals surface area contributed by atoms with Crippen LogP contribution in [0, 0.1) is 18.7 Å². The van der Waals surface area contributed by atoms with Crippen LogP contribution in [-0.4, -0.2) is 41.7 Å². The Bertz CT molecular complexity index is 1180. The van der Waals surface area contributed by atoms with Crippen molar-refractivity contribution in [1.82, 2.24) is 14.3 Å². The largest absolute Gasteiger partial charge is 0.325 e. The van der Waals surface area contributed by atoms with E-state index in [1.807, 2.05) is 4.98 Å². The highest BCUT2D eigenvalue weighted by molar-refractivity contribution is 9.10. The highest BCUT2D eigenvalue weighted by atomic mass is 79.9. The predicted octanol–water partition coefficient (Wildman–Crippen LogP) is 1.31. The van der Waals surface area contributed by atoms with E-state index >= 15 is 0 Å². The number of aromatic nitrogens is 2. The molecule has 0 aliphatic carbocycles. The Morgan fingerprint density at radius 1 is 1.31 bits per heavy atom.